The molecule has 0 unspecified atom stereocenters. The lowest BCUT2D eigenvalue weighted by Gasteiger charge is -2.00. The van der Waals surface area contributed by atoms with Crippen molar-refractivity contribution in [2.75, 3.05) is 0 Å². The monoisotopic (exact) mass is 213 g/mol. The molecule has 0 amide bonds. The van der Waals surface area contributed by atoms with Gasteiger partial charge in [-0.3, -0.25) is 0 Å². The minimum atomic E-state index is 0.165. The highest BCUT2D eigenvalue weighted by molar-refractivity contribution is 6.36. The van der Waals surface area contributed by atoms with Gasteiger partial charge in [-0.15, -0.1) is 0 Å². The number of phenolic OH excluding ortho intramolecular Hbond substituents is 1. The lowest BCUT2D eigenvalue weighted by molar-refractivity contribution is 0.476. The number of rotatable bonds is 0. The van der Waals surface area contributed by atoms with Crippen molar-refractivity contribution in [2.45, 2.75) is 0 Å². The smallest absolute Gasteiger partial charge is 0.138 e. The van der Waals surface area contributed by atoms with Crippen molar-refractivity contribution in [1.82, 2.24) is 4.98 Å². The van der Waals surface area contributed by atoms with Crippen molar-refractivity contribution in [3.8, 4) is 5.75 Å². The average molecular weight is 214 g/mol. The molecule has 1 N–H and O–H groups in total. The predicted octanol–water partition coefficient (Wildman–Crippen LogP) is 3.25. The van der Waals surface area contributed by atoms with Gasteiger partial charge in [0.05, 0.1) is 0 Å². The highest BCUT2D eigenvalue weighted by Gasteiger charge is 2.03. The summed E-state index contributed by atoms with van der Waals surface area (Å²) in [7, 11) is 0. The van der Waals surface area contributed by atoms with E-state index in [2.05, 4.69) is 4.98 Å². The van der Waals surface area contributed by atoms with Crippen LogP contribution in [-0.4, -0.2) is 10.1 Å². The molecule has 4 heteroatoms. The van der Waals surface area contributed by atoms with E-state index >= 15 is 0 Å². The van der Waals surface area contributed by atoms with Crippen LogP contribution in [0.1, 0.15) is 0 Å². The van der Waals surface area contributed by atoms with Gasteiger partial charge in [0.1, 0.15) is 16.1 Å². The van der Waals surface area contributed by atoms with Gasteiger partial charge in [-0.05, 0) is 23.6 Å². The zero-order valence-corrected chi connectivity index (χ0v) is 7.97. The second kappa shape index (κ2) is 3.05. The number of halogens is 2. The first-order valence-electron chi connectivity index (χ1n) is 3.61. The first kappa shape index (κ1) is 8.60. The number of hydrogen-bond acceptors (Lipinski definition) is 2. The molecule has 0 radical (unpaired) electrons. The summed E-state index contributed by atoms with van der Waals surface area (Å²) in [6.07, 6.45) is 0. The lowest BCUT2D eigenvalue weighted by Crippen LogP contribution is -1.80. The minimum absolute atomic E-state index is 0.165. The molecule has 0 spiro atoms. The van der Waals surface area contributed by atoms with E-state index in [1.165, 1.54) is 0 Å². The molecule has 1 aromatic carbocycles. The average Bonchev–Trinajstić information content (AvgIpc) is 2.06. The molecule has 1 aromatic heterocycles. The van der Waals surface area contributed by atoms with E-state index in [9.17, 15) is 5.11 Å². The number of fused-ring (bicyclic) bond motifs is 1. The Bertz CT molecular complexity index is 470. The molecule has 0 aliphatic heterocycles. The van der Waals surface area contributed by atoms with Crippen molar-refractivity contribution in [3.05, 3.63) is 34.6 Å². The number of phenols is 1. The van der Waals surface area contributed by atoms with Crippen LogP contribution in [0.25, 0.3) is 10.8 Å². The zero-order valence-electron chi connectivity index (χ0n) is 6.46. The van der Waals surface area contributed by atoms with Gasteiger partial charge >= 0.3 is 0 Å². The van der Waals surface area contributed by atoms with Crippen molar-refractivity contribution >= 4 is 34.0 Å². The van der Waals surface area contributed by atoms with Gasteiger partial charge in [-0.25, -0.2) is 4.98 Å². The molecule has 66 valence electrons. The minimum Gasteiger partial charge on any atom is -0.508 e. The van der Waals surface area contributed by atoms with E-state index < -0.39 is 0 Å². The third-order valence-corrected chi connectivity index (χ3v) is 2.22. The SMILES string of the molecule is Oc1ccc2cc(Cl)nc(Cl)c2c1. The number of aromatic nitrogens is 1. The van der Waals surface area contributed by atoms with Crippen LogP contribution in [0, 0.1) is 0 Å². The number of hydrogen-bond donors (Lipinski definition) is 1. The van der Waals surface area contributed by atoms with Gasteiger partial charge in [0, 0.05) is 5.39 Å². The molecule has 0 bridgehead atoms. The van der Waals surface area contributed by atoms with E-state index in [0.717, 1.165) is 5.39 Å². The molecule has 0 aliphatic rings. The summed E-state index contributed by atoms with van der Waals surface area (Å²) in [5.74, 6) is 0.165. The van der Waals surface area contributed by atoms with Crippen LogP contribution < -0.4 is 0 Å². The largest absolute Gasteiger partial charge is 0.508 e. The fourth-order valence-electron chi connectivity index (χ4n) is 1.16. The summed E-state index contributed by atoms with van der Waals surface area (Å²) in [5, 5.41) is 11.4. The molecular weight excluding hydrogens is 209 g/mol. The highest BCUT2D eigenvalue weighted by Crippen LogP contribution is 2.27. The van der Waals surface area contributed by atoms with Crippen LogP contribution in [0.15, 0.2) is 24.3 Å². The van der Waals surface area contributed by atoms with Crippen molar-refractivity contribution in [3.63, 3.8) is 0 Å². The molecule has 0 aliphatic carbocycles. The molecule has 0 fully saturated rings. The maximum absolute atomic E-state index is 9.20. The number of aromatic hydroxyl groups is 1. The maximum Gasteiger partial charge on any atom is 0.138 e. The van der Waals surface area contributed by atoms with Gasteiger partial charge in [0.2, 0.25) is 0 Å². The van der Waals surface area contributed by atoms with E-state index in [-0.39, 0.29) is 5.75 Å². The Morgan fingerprint density at radius 2 is 1.92 bits per heavy atom. The Morgan fingerprint density at radius 1 is 1.15 bits per heavy atom. The van der Waals surface area contributed by atoms with E-state index in [1.54, 1.807) is 24.3 Å². The molecule has 2 aromatic rings. The van der Waals surface area contributed by atoms with Gasteiger partial charge < -0.3 is 5.11 Å². The molecule has 0 saturated carbocycles. The first-order chi connectivity index (χ1) is 6.16. The topological polar surface area (TPSA) is 33.1 Å². The fourth-order valence-corrected chi connectivity index (χ4v) is 1.66. The molecule has 13 heavy (non-hydrogen) atoms. The predicted molar refractivity (Wildman–Crippen MR) is 53.4 cm³/mol. The Hall–Kier alpha value is -0.990. The van der Waals surface area contributed by atoms with Gasteiger partial charge in [0.15, 0.2) is 0 Å². The molecule has 2 rings (SSSR count). The van der Waals surface area contributed by atoms with Crippen LogP contribution in [-0.2, 0) is 0 Å². The van der Waals surface area contributed by atoms with E-state index in [0.29, 0.717) is 15.7 Å². The van der Waals surface area contributed by atoms with Crippen molar-refractivity contribution in [2.24, 2.45) is 0 Å². The van der Waals surface area contributed by atoms with Gasteiger partial charge in [-0.2, -0.15) is 0 Å². The zero-order chi connectivity index (χ0) is 9.42. The Labute approximate surface area is 84.7 Å². The third-order valence-electron chi connectivity index (χ3n) is 1.74. The standard InChI is InChI=1S/C9H5Cl2NO/c10-8-3-5-1-2-6(13)4-7(5)9(11)12-8/h1-4,13H. The number of nitrogens with zero attached hydrogens (tertiary/aromatic N) is 1. The Morgan fingerprint density at radius 3 is 2.69 bits per heavy atom. The summed E-state index contributed by atoms with van der Waals surface area (Å²) in [6, 6.07) is 6.57. The summed E-state index contributed by atoms with van der Waals surface area (Å²) in [6.45, 7) is 0. The lowest BCUT2D eigenvalue weighted by atomic mass is 10.2. The van der Waals surface area contributed by atoms with Crippen LogP contribution in [0.2, 0.25) is 10.3 Å². The molecule has 0 saturated heterocycles. The summed E-state index contributed by atoms with van der Waals surface area (Å²) >= 11 is 11.5. The normalized spacial score (nSPS) is 10.6. The van der Waals surface area contributed by atoms with Crippen molar-refractivity contribution in [1.29, 1.82) is 0 Å². The van der Waals surface area contributed by atoms with Crippen LogP contribution in [0.3, 0.4) is 0 Å². The van der Waals surface area contributed by atoms with Crippen LogP contribution >= 0.6 is 23.2 Å². The molecule has 2 nitrogen and oxygen atoms in total. The highest BCUT2D eigenvalue weighted by atomic mass is 35.5. The summed E-state index contributed by atoms with van der Waals surface area (Å²) in [5.41, 5.74) is 0. The Kier molecular flexibility index (Phi) is 2.02. The van der Waals surface area contributed by atoms with Crippen LogP contribution in [0.4, 0.5) is 0 Å². The fraction of sp³-hybridized carbons (Fsp3) is 0. The third kappa shape index (κ3) is 1.55. The molecule has 1 heterocycles. The quantitative estimate of drug-likeness (QED) is 0.682. The Balaban J connectivity index is 2.87. The second-order valence-electron chi connectivity index (χ2n) is 2.64. The second-order valence-corrected chi connectivity index (χ2v) is 3.39. The van der Waals surface area contributed by atoms with E-state index in [1.807, 2.05) is 0 Å². The summed E-state index contributed by atoms with van der Waals surface area (Å²) < 4.78 is 0. The number of benzene rings is 1. The van der Waals surface area contributed by atoms with Crippen LogP contribution in [0.5, 0.6) is 5.75 Å². The molecule has 0 atom stereocenters. The van der Waals surface area contributed by atoms with E-state index in [4.69, 9.17) is 23.2 Å². The van der Waals surface area contributed by atoms with Gasteiger partial charge in [0.25, 0.3) is 0 Å². The number of pyridine rings is 1. The molecular formula is C9H5Cl2NO. The maximum atomic E-state index is 9.20. The first-order valence-corrected chi connectivity index (χ1v) is 4.37. The van der Waals surface area contributed by atoms with Gasteiger partial charge in [-0.1, -0.05) is 29.3 Å². The van der Waals surface area contributed by atoms with Crippen molar-refractivity contribution < 1.29 is 5.11 Å². The summed E-state index contributed by atoms with van der Waals surface area (Å²) in [4.78, 5) is 3.86.